The van der Waals surface area contributed by atoms with Crippen molar-refractivity contribution in [3.8, 4) is 39.6 Å². The number of hydrogen-bond donors (Lipinski definition) is 0. The molecule has 0 atom stereocenters. The van der Waals surface area contributed by atoms with Crippen molar-refractivity contribution in [3.63, 3.8) is 0 Å². The molecule has 0 radical (unpaired) electrons. The first-order valence-electron chi connectivity index (χ1n) is 44.0. The molecule has 129 heavy (non-hydrogen) atoms. The molecule has 0 unspecified atom stereocenters. The van der Waals surface area contributed by atoms with Crippen LogP contribution in [0.4, 0.5) is 0 Å². The molecule has 0 aliphatic heterocycles. The molecule has 0 amide bonds. The summed E-state index contributed by atoms with van der Waals surface area (Å²) in [6, 6.07) is 157. The number of nitrogens with zero attached hydrogens (tertiary/aromatic N) is 5. The van der Waals surface area contributed by atoms with Gasteiger partial charge in [-0.1, -0.05) is 261 Å². The number of para-hydroxylation sites is 8. The van der Waals surface area contributed by atoms with Gasteiger partial charge in [0.1, 0.15) is 11.2 Å². The Kier molecular flexibility index (Phi) is 15.8. The molecule has 0 fully saturated rings. The van der Waals surface area contributed by atoms with Crippen molar-refractivity contribution in [1.82, 2.24) is 22.8 Å². The van der Waals surface area contributed by atoms with Crippen molar-refractivity contribution in [2.45, 2.75) is 0 Å². The first kappa shape index (κ1) is 72.2. The van der Waals surface area contributed by atoms with E-state index in [0.29, 0.717) is 0 Å². The Morgan fingerprint density at radius 2 is 0.581 bits per heavy atom. The van der Waals surface area contributed by atoms with Crippen LogP contribution in [-0.2, 0) is 0 Å². The fraction of sp³-hybridized carbons (Fsp3) is 0. The molecule has 0 spiro atoms. The highest BCUT2D eigenvalue weighted by molar-refractivity contribution is 7.27. The molecule has 30 rings (SSSR count). The SMILES string of the molecule is c1ccc(-n2c3ccccc3c3c2ccc2c4ccccc4n(-c4ccc5c(c4)sc4cc6ccccc6cc45)c23)cc1.c1ccc(-n2c3ccccc3c3c4c5ccccc5n(-c5ccc6cc7c(cc6c5)oc5ccccc57)c4ccc32)cc1.c1ccc2c(-c3ccc(-n4c5ccccc5c5c6c(ccc54)sc4ccccc46)cc3)c3sc4ccccc4c3cc2c1. The number of furan rings is 1. The highest BCUT2D eigenvalue weighted by Gasteiger charge is 2.26. The third kappa shape index (κ3) is 10.8. The van der Waals surface area contributed by atoms with Gasteiger partial charge in [-0.25, -0.2) is 0 Å². The molecule has 9 heterocycles. The molecule has 0 saturated heterocycles. The molecule has 6 nitrogen and oxygen atoms in total. The normalized spacial score (nSPS) is 12.2. The average molecular weight is 1700 g/mol. The van der Waals surface area contributed by atoms with E-state index in [4.69, 9.17) is 4.42 Å². The molecule has 0 aliphatic rings. The zero-order valence-electron chi connectivity index (χ0n) is 69.4. The fourth-order valence-corrected chi connectivity index (χ4v) is 25.2. The molecule has 9 aromatic heterocycles. The number of thiophene rings is 3. The van der Waals surface area contributed by atoms with Crippen LogP contribution in [0, 0.1) is 0 Å². The van der Waals surface area contributed by atoms with Crippen molar-refractivity contribution in [2.24, 2.45) is 0 Å². The van der Waals surface area contributed by atoms with Gasteiger partial charge in [0.05, 0.1) is 55.2 Å². The smallest absolute Gasteiger partial charge is 0.136 e. The van der Waals surface area contributed by atoms with E-state index in [1.165, 1.54) is 230 Å². The predicted octanol–water partition coefficient (Wildman–Crippen LogP) is 34.7. The van der Waals surface area contributed by atoms with Gasteiger partial charge in [-0.3, -0.25) is 0 Å². The maximum Gasteiger partial charge on any atom is 0.136 e. The second-order valence-electron chi connectivity index (χ2n) is 34.0. The molecular formula is C120H71N5OS3. The fourth-order valence-electron chi connectivity index (χ4n) is 21.6. The molecular weight excluding hydrogens is 1620 g/mol. The summed E-state index contributed by atoms with van der Waals surface area (Å²) >= 11 is 5.68. The molecule has 0 aliphatic carbocycles. The van der Waals surface area contributed by atoms with Gasteiger partial charge in [0.25, 0.3) is 0 Å². The van der Waals surface area contributed by atoms with Gasteiger partial charge in [0, 0.05) is 159 Å². The zero-order valence-corrected chi connectivity index (χ0v) is 71.8. The van der Waals surface area contributed by atoms with Crippen LogP contribution in [0.2, 0.25) is 0 Å². The third-order valence-electron chi connectivity index (χ3n) is 27.1. The van der Waals surface area contributed by atoms with Gasteiger partial charge in [-0.2, -0.15) is 0 Å². The number of aromatic nitrogens is 5. The summed E-state index contributed by atoms with van der Waals surface area (Å²) in [7, 11) is 0. The Labute approximate surface area is 749 Å². The predicted molar refractivity (Wildman–Crippen MR) is 555 cm³/mol. The van der Waals surface area contributed by atoms with Crippen LogP contribution in [0.15, 0.2) is 435 Å². The van der Waals surface area contributed by atoms with Crippen molar-refractivity contribution >= 4 is 258 Å². The maximum atomic E-state index is 6.25. The molecule has 21 aromatic carbocycles. The Balaban J connectivity index is 0.0000000976. The lowest BCUT2D eigenvalue weighted by Gasteiger charge is -2.12. The first-order valence-corrected chi connectivity index (χ1v) is 46.4. The largest absolute Gasteiger partial charge is 0.456 e. The number of fused-ring (bicyclic) bond motifs is 33. The van der Waals surface area contributed by atoms with E-state index in [1.54, 1.807) is 0 Å². The van der Waals surface area contributed by atoms with Crippen molar-refractivity contribution in [3.05, 3.63) is 431 Å². The second kappa shape index (κ2) is 28.2. The number of benzene rings is 21. The molecule has 0 N–H and O–H groups in total. The van der Waals surface area contributed by atoms with Crippen molar-refractivity contribution < 1.29 is 4.42 Å². The summed E-state index contributed by atoms with van der Waals surface area (Å²) in [6.45, 7) is 0. The number of hydrogen-bond acceptors (Lipinski definition) is 4. The van der Waals surface area contributed by atoms with Crippen molar-refractivity contribution in [1.29, 1.82) is 0 Å². The van der Waals surface area contributed by atoms with Crippen LogP contribution >= 0.6 is 34.0 Å². The Morgan fingerprint density at radius 3 is 1.23 bits per heavy atom. The summed E-state index contributed by atoms with van der Waals surface area (Å²) in [4.78, 5) is 0. The van der Waals surface area contributed by atoms with Gasteiger partial charge in [0.2, 0.25) is 0 Å². The minimum atomic E-state index is 0.920. The molecule has 0 saturated carbocycles. The average Bonchev–Trinajstić information content (AvgIpc) is 1.54. The molecule has 30 aromatic rings. The van der Waals surface area contributed by atoms with Crippen LogP contribution in [0.3, 0.4) is 0 Å². The quantitative estimate of drug-likeness (QED) is 0.163. The highest BCUT2D eigenvalue weighted by Crippen LogP contribution is 2.51. The Morgan fingerprint density at radius 1 is 0.171 bits per heavy atom. The monoisotopic (exact) mass is 1690 g/mol. The lowest BCUT2D eigenvalue weighted by Crippen LogP contribution is -1.95. The van der Waals surface area contributed by atoms with Gasteiger partial charge in [-0.05, 0) is 208 Å². The molecule has 9 heteroatoms. The van der Waals surface area contributed by atoms with E-state index in [-0.39, 0.29) is 0 Å². The van der Waals surface area contributed by atoms with E-state index >= 15 is 0 Å². The first-order chi connectivity index (χ1) is 64.0. The van der Waals surface area contributed by atoms with E-state index in [2.05, 4.69) is 441 Å². The summed E-state index contributed by atoms with van der Waals surface area (Å²) < 4.78 is 26.4. The molecule has 600 valence electrons. The lowest BCUT2D eigenvalue weighted by molar-refractivity contribution is 0.669. The maximum absolute atomic E-state index is 6.25. The zero-order chi connectivity index (χ0) is 84.2. The summed E-state index contributed by atoms with van der Waals surface area (Å²) in [6.07, 6.45) is 0. The van der Waals surface area contributed by atoms with Gasteiger partial charge < -0.3 is 27.3 Å². The van der Waals surface area contributed by atoms with Gasteiger partial charge in [-0.15, -0.1) is 34.0 Å². The number of rotatable bonds is 6. The van der Waals surface area contributed by atoms with Crippen LogP contribution in [0.5, 0.6) is 0 Å². The summed E-state index contributed by atoms with van der Waals surface area (Å²) in [5.41, 5.74) is 22.5. The van der Waals surface area contributed by atoms with Crippen molar-refractivity contribution in [2.75, 3.05) is 0 Å². The topological polar surface area (TPSA) is 37.8 Å². The Hall–Kier alpha value is -16.1. The van der Waals surface area contributed by atoms with E-state index in [1.807, 2.05) is 46.1 Å². The Bertz CT molecular complexity index is 9970. The van der Waals surface area contributed by atoms with E-state index in [9.17, 15) is 0 Å². The van der Waals surface area contributed by atoms with Crippen LogP contribution < -0.4 is 0 Å². The van der Waals surface area contributed by atoms with Crippen LogP contribution in [-0.4, -0.2) is 22.8 Å². The highest BCUT2D eigenvalue weighted by atomic mass is 32.1. The van der Waals surface area contributed by atoms with E-state index in [0.717, 1.165) is 33.0 Å². The van der Waals surface area contributed by atoms with Crippen LogP contribution in [0.1, 0.15) is 0 Å². The summed E-state index contributed by atoms with van der Waals surface area (Å²) in [5.74, 6) is 0. The second-order valence-corrected chi connectivity index (χ2v) is 37.2. The minimum absolute atomic E-state index is 0.920. The van der Waals surface area contributed by atoms with Crippen LogP contribution in [0.25, 0.3) is 263 Å². The molecule has 0 bridgehead atoms. The minimum Gasteiger partial charge on any atom is -0.456 e. The third-order valence-corrected chi connectivity index (χ3v) is 30.6. The van der Waals surface area contributed by atoms with E-state index < -0.39 is 0 Å². The standard InChI is InChI=1S/C40H24N2O.C40H24N2S.C40H23NS2/c1-2-10-27(11-3-1)41-33-15-7-4-13-30(33)39-35(41)20-21-36-40(39)31-14-5-8-16-34(31)42(36)28-19-18-25-23-32-29-12-6-9-17-37(29)43-38(32)24-26(25)22-28;1-2-12-27(13-3-1)41-35-17-9-7-15-32(35)39-36(41)21-20-31-29-14-6-8-16-34(29)42(40(31)39)28-18-19-30-33-22-25-10-4-5-11-26(25)23-37(33)43-38(30)24-28;1-2-10-27-25(9-1)23-31-28-11-4-7-15-34(28)43-40(31)37(27)24-17-19-26(20-18-24)41-32-14-6-3-12-29(32)38-33(41)21-22-36-39(38)30-13-5-8-16-35(30)42-36/h2*1-24H;1-23H. The lowest BCUT2D eigenvalue weighted by atomic mass is 9.95. The summed E-state index contributed by atoms with van der Waals surface area (Å²) in [5, 5.41) is 30.7. The van der Waals surface area contributed by atoms with Gasteiger partial charge in [0.15, 0.2) is 0 Å². The van der Waals surface area contributed by atoms with Gasteiger partial charge >= 0.3 is 0 Å².